The normalized spacial score (nSPS) is 14.3. The fraction of sp³-hybridized carbons (Fsp3) is 0.292. The molecule has 1 amide bonds. The molecular formula is C24H24N6O3. The van der Waals surface area contributed by atoms with Gasteiger partial charge < -0.3 is 10.1 Å². The van der Waals surface area contributed by atoms with Gasteiger partial charge in [0, 0.05) is 29.3 Å². The third kappa shape index (κ3) is 4.09. The molecule has 1 unspecified atom stereocenters. The number of fused-ring (bicyclic) bond motifs is 1. The minimum Gasteiger partial charge on any atom is -0.480 e. The van der Waals surface area contributed by atoms with Crippen molar-refractivity contribution in [2.75, 3.05) is 12.4 Å². The van der Waals surface area contributed by atoms with Crippen molar-refractivity contribution in [2.24, 2.45) is 0 Å². The molecule has 168 valence electrons. The minimum atomic E-state index is -0.744. The van der Waals surface area contributed by atoms with Crippen LogP contribution in [0, 0.1) is 6.92 Å². The number of methoxy groups -OCH3 is 1. The molecule has 3 heterocycles. The Bertz CT molecular complexity index is 1420. The SMILES string of the molecule is COc1ccc2nc(-c3ccc(C)c(NC(=O)C(C)n4nc(C5CC5)ccc4=O)c3)cn2n1. The first-order valence-electron chi connectivity index (χ1n) is 10.8. The Hall–Kier alpha value is -4.01. The number of nitrogens with zero attached hydrogens (tertiary/aromatic N) is 5. The minimum absolute atomic E-state index is 0.292. The van der Waals surface area contributed by atoms with Crippen LogP contribution in [-0.2, 0) is 4.79 Å². The van der Waals surface area contributed by atoms with E-state index in [9.17, 15) is 9.59 Å². The van der Waals surface area contributed by atoms with Gasteiger partial charge in [-0.2, -0.15) is 5.10 Å². The van der Waals surface area contributed by atoms with Crippen molar-refractivity contribution < 1.29 is 9.53 Å². The van der Waals surface area contributed by atoms with Gasteiger partial charge in [0.05, 0.1) is 24.7 Å². The number of nitrogens with one attached hydrogen (secondary N) is 1. The van der Waals surface area contributed by atoms with Crippen LogP contribution in [0.1, 0.15) is 43.0 Å². The molecule has 1 N–H and O–H groups in total. The molecule has 1 atom stereocenters. The van der Waals surface area contributed by atoms with Gasteiger partial charge in [-0.05, 0) is 50.5 Å². The van der Waals surface area contributed by atoms with Crippen LogP contribution in [0.2, 0.25) is 0 Å². The van der Waals surface area contributed by atoms with Crippen LogP contribution in [0.15, 0.2) is 53.5 Å². The van der Waals surface area contributed by atoms with Crippen LogP contribution in [0.4, 0.5) is 5.69 Å². The van der Waals surface area contributed by atoms with E-state index in [4.69, 9.17) is 4.74 Å². The zero-order chi connectivity index (χ0) is 23.1. The molecule has 3 aromatic heterocycles. The van der Waals surface area contributed by atoms with Crippen LogP contribution < -0.4 is 15.6 Å². The summed E-state index contributed by atoms with van der Waals surface area (Å²) in [5, 5.41) is 11.7. The van der Waals surface area contributed by atoms with Crippen molar-refractivity contribution in [3.8, 4) is 17.1 Å². The molecule has 1 aliphatic rings. The van der Waals surface area contributed by atoms with Gasteiger partial charge in [0.15, 0.2) is 5.65 Å². The summed E-state index contributed by atoms with van der Waals surface area (Å²) in [5.41, 5.74) is 4.36. The van der Waals surface area contributed by atoms with Crippen LogP contribution in [0.25, 0.3) is 16.9 Å². The second-order valence-electron chi connectivity index (χ2n) is 8.31. The average molecular weight is 444 g/mol. The molecule has 0 spiro atoms. The van der Waals surface area contributed by atoms with E-state index in [1.165, 1.54) is 10.7 Å². The van der Waals surface area contributed by atoms with Gasteiger partial charge in [0.25, 0.3) is 5.56 Å². The lowest BCUT2D eigenvalue weighted by atomic mass is 10.1. The van der Waals surface area contributed by atoms with Crippen LogP contribution in [0.3, 0.4) is 0 Å². The Labute approximate surface area is 190 Å². The van der Waals surface area contributed by atoms with Gasteiger partial charge in [-0.25, -0.2) is 14.2 Å². The molecule has 0 radical (unpaired) electrons. The zero-order valence-corrected chi connectivity index (χ0v) is 18.6. The summed E-state index contributed by atoms with van der Waals surface area (Å²) in [7, 11) is 1.56. The molecule has 1 aromatic carbocycles. The summed E-state index contributed by atoms with van der Waals surface area (Å²) in [5.74, 6) is 0.581. The molecule has 33 heavy (non-hydrogen) atoms. The van der Waals surface area contributed by atoms with Crippen molar-refractivity contribution >= 4 is 17.2 Å². The largest absolute Gasteiger partial charge is 0.480 e. The average Bonchev–Trinajstić information content (AvgIpc) is 3.58. The van der Waals surface area contributed by atoms with Crippen LogP contribution in [0.5, 0.6) is 5.88 Å². The van der Waals surface area contributed by atoms with E-state index in [1.54, 1.807) is 30.7 Å². The zero-order valence-electron chi connectivity index (χ0n) is 18.6. The highest BCUT2D eigenvalue weighted by molar-refractivity contribution is 5.94. The number of imidazole rings is 1. The lowest BCUT2D eigenvalue weighted by Crippen LogP contribution is -2.33. The number of aromatic nitrogens is 5. The molecule has 0 aliphatic heterocycles. The van der Waals surface area contributed by atoms with Crippen molar-refractivity contribution in [1.29, 1.82) is 0 Å². The number of carbonyl (C=O) groups excluding carboxylic acids is 1. The Morgan fingerprint density at radius 2 is 1.97 bits per heavy atom. The van der Waals surface area contributed by atoms with Crippen molar-refractivity contribution in [3.63, 3.8) is 0 Å². The van der Waals surface area contributed by atoms with Gasteiger partial charge in [0.1, 0.15) is 6.04 Å². The number of benzene rings is 1. The number of hydrogen-bond acceptors (Lipinski definition) is 6. The number of aryl methyl sites for hydroxylation is 1. The van der Waals surface area contributed by atoms with Crippen molar-refractivity contribution in [3.05, 3.63) is 70.3 Å². The van der Waals surface area contributed by atoms with Gasteiger partial charge in [0.2, 0.25) is 11.8 Å². The quantitative estimate of drug-likeness (QED) is 0.489. The third-order valence-corrected chi connectivity index (χ3v) is 5.88. The molecule has 4 aromatic rings. The molecule has 0 bridgehead atoms. The monoisotopic (exact) mass is 444 g/mol. The number of rotatable bonds is 6. The fourth-order valence-corrected chi connectivity index (χ4v) is 3.69. The van der Waals surface area contributed by atoms with Crippen LogP contribution in [-0.4, -0.2) is 37.4 Å². The van der Waals surface area contributed by atoms with Gasteiger partial charge in [-0.3, -0.25) is 9.59 Å². The number of ether oxygens (including phenoxy) is 1. The Morgan fingerprint density at radius 3 is 2.73 bits per heavy atom. The highest BCUT2D eigenvalue weighted by Crippen LogP contribution is 2.38. The molecular weight excluding hydrogens is 420 g/mol. The van der Waals surface area contributed by atoms with E-state index in [2.05, 4.69) is 20.5 Å². The maximum absolute atomic E-state index is 13.0. The highest BCUT2D eigenvalue weighted by Gasteiger charge is 2.27. The lowest BCUT2D eigenvalue weighted by Gasteiger charge is -2.16. The van der Waals surface area contributed by atoms with E-state index >= 15 is 0 Å². The number of amides is 1. The Morgan fingerprint density at radius 1 is 1.15 bits per heavy atom. The summed E-state index contributed by atoms with van der Waals surface area (Å²) >= 11 is 0. The standard InChI is InChI=1S/C24H24N6O3/c1-14-4-5-17(20-13-29-21(25-20)9-10-22(28-29)33-3)12-19(14)26-24(32)15(2)30-23(31)11-8-18(27-30)16-6-7-16/h4-5,8-13,15-16H,6-7H2,1-3H3,(H,26,32). The second-order valence-corrected chi connectivity index (χ2v) is 8.31. The third-order valence-electron chi connectivity index (χ3n) is 5.88. The first-order valence-corrected chi connectivity index (χ1v) is 10.8. The lowest BCUT2D eigenvalue weighted by molar-refractivity contribution is -0.119. The van der Waals surface area contributed by atoms with Gasteiger partial charge >= 0.3 is 0 Å². The van der Waals surface area contributed by atoms with Crippen molar-refractivity contribution in [2.45, 2.75) is 38.6 Å². The summed E-state index contributed by atoms with van der Waals surface area (Å²) in [4.78, 5) is 30.0. The van der Waals surface area contributed by atoms with E-state index in [-0.39, 0.29) is 11.5 Å². The highest BCUT2D eigenvalue weighted by atomic mass is 16.5. The van der Waals surface area contributed by atoms with E-state index in [0.29, 0.717) is 28.8 Å². The molecule has 0 saturated heterocycles. The van der Waals surface area contributed by atoms with Gasteiger partial charge in [-0.1, -0.05) is 12.1 Å². The van der Waals surface area contributed by atoms with Crippen LogP contribution >= 0.6 is 0 Å². The summed E-state index contributed by atoms with van der Waals surface area (Å²) in [6.07, 6.45) is 3.95. The smallest absolute Gasteiger partial charge is 0.267 e. The van der Waals surface area contributed by atoms with Crippen molar-refractivity contribution in [1.82, 2.24) is 24.4 Å². The molecule has 1 saturated carbocycles. The summed E-state index contributed by atoms with van der Waals surface area (Å²) < 4.78 is 8.09. The first-order chi connectivity index (χ1) is 15.9. The summed E-state index contributed by atoms with van der Waals surface area (Å²) in [6, 6.07) is 11.8. The molecule has 5 rings (SSSR count). The topological polar surface area (TPSA) is 103 Å². The molecule has 9 heteroatoms. The second kappa shape index (κ2) is 8.16. The molecule has 1 aliphatic carbocycles. The number of anilines is 1. The first kappa shape index (κ1) is 20.9. The van der Waals surface area contributed by atoms with E-state index in [0.717, 1.165) is 29.7 Å². The van der Waals surface area contributed by atoms with E-state index in [1.807, 2.05) is 37.4 Å². The molecule has 1 fully saturated rings. The number of hydrogen-bond donors (Lipinski definition) is 1. The van der Waals surface area contributed by atoms with E-state index < -0.39 is 6.04 Å². The maximum Gasteiger partial charge on any atom is 0.267 e. The predicted molar refractivity (Wildman–Crippen MR) is 124 cm³/mol. The summed E-state index contributed by atoms with van der Waals surface area (Å²) in [6.45, 7) is 3.60. The Balaban J connectivity index is 1.41. The number of carbonyl (C=O) groups is 1. The molecule has 9 nitrogen and oxygen atoms in total. The Kier molecular flexibility index (Phi) is 5.16. The predicted octanol–water partition coefficient (Wildman–Crippen LogP) is 3.35. The maximum atomic E-state index is 13.0. The van der Waals surface area contributed by atoms with Gasteiger partial charge in [-0.15, -0.1) is 5.10 Å². The fourth-order valence-electron chi connectivity index (χ4n) is 3.69.